The molecule has 1 unspecified atom stereocenters. The van der Waals surface area contributed by atoms with Gasteiger partial charge in [0, 0.05) is 45.3 Å². The molecule has 0 amide bonds. The fraction of sp³-hybridized carbons (Fsp3) is 0.611. The summed E-state index contributed by atoms with van der Waals surface area (Å²) in [4.78, 5) is 4.47. The molecule has 1 aromatic rings. The number of hydrogen-bond donors (Lipinski definition) is 2. The summed E-state index contributed by atoms with van der Waals surface area (Å²) in [6, 6.07) is 3.65. The maximum atomic E-state index is 13.8. The van der Waals surface area contributed by atoms with Gasteiger partial charge in [-0.3, -0.25) is 4.99 Å². The summed E-state index contributed by atoms with van der Waals surface area (Å²) < 4.78 is 37.1. The van der Waals surface area contributed by atoms with E-state index in [1.807, 2.05) is 13.8 Å². The Labute approximate surface area is 148 Å². The first kappa shape index (κ1) is 21.3. The molecule has 0 spiro atoms. The van der Waals surface area contributed by atoms with Crippen molar-refractivity contribution in [1.29, 1.82) is 0 Å². The molecule has 0 heterocycles. The molecule has 0 fully saturated rings. The monoisotopic (exact) mass is 357 g/mol. The standard InChI is InChI=1S/C18H29F2N3O2/c1-4-21-18(22-8-5-9-25-11-10-24-3)23-13-14(2)16-7-6-15(19)12-17(16)20/h6-7,12,14H,4-5,8-11,13H2,1-3H3,(H2,21,22,23). The molecule has 1 atom stereocenters. The number of methoxy groups -OCH3 is 1. The van der Waals surface area contributed by atoms with Crippen LogP contribution in [0.4, 0.5) is 8.78 Å². The third-order valence-corrected chi connectivity index (χ3v) is 3.55. The van der Waals surface area contributed by atoms with Crippen molar-refractivity contribution in [1.82, 2.24) is 10.6 Å². The third-order valence-electron chi connectivity index (χ3n) is 3.55. The van der Waals surface area contributed by atoms with E-state index in [2.05, 4.69) is 15.6 Å². The topological polar surface area (TPSA) is 54.9 Å². The maximum Gasteiger partial charge on any atom is 0.191 e. The number of ether oxygens (including phenoxy) is 2. The Kier molecular flexibility index (Phi) is 10.7. The predicted octanol–water partition coefficient (Wildman–Crippen LogP) is 2.68. The highest BCUT2D eigenvalue weighted by Crippen LogP contribution is 2.20. The Bertz CT molecular complexity index is 527. The third kappa shape index (κ3) is 8.79. The van der Waals surface area contributed by atoms with Gasteiger partial charge in [-0.2, -0.15) is 0 Å². The van der Waals surface area contributed by atoms with Crippen LogP contribution in [-0.2, 0) is 9.47 Å². The van der Waals surface area contributed by atoms with Crippen molar-refractivity contribution in [3.8, 4) is 0 Å². The number of aliphatic imine (C=N–C) groups is 1. The first-order valence-corrected chi connectivity index (χ1v) is 8.62. The Morgan fingerprint density at radius 1 is 1.20 bits per heavy atom. The summed E-state index contributed by atoms with van der Waals surface area (Å²) in [5.74, 6) is -0.573. The van der Waals surface area contributed by atoms with Gasteiger partial charge in [0.05, 0.1) is 13.2 Å². The van der Waals surface area contributed by atoms with Crippen LogP contribution >= 0.6 is 0 Å². The Morgan fingerprint density at radius 2 is 2.00 bits per heavy atom. The van der Waals surface area contributed by atoms with E-state index in [4.69, 9.17) is 9.47 Å². The molecule has 142 valence electrons. The largest absolute Gasteiger partial charge is 0.382 e. The lowest BCUT2D eigenvalue weighted by atomic mass is 10.0. The van der Waals surface area contributed by atoms with E-state index in [1.165, 1.54) is 12.1 Å². The number of guanidine groups is 1. The molecule has 5 nitrogen and oxygen atoms in total. The highest BCUT2D eigenvalue weighted by atomic mass is 19.1. The smallest absolute Gasteiger partial charge is 0.191 e. The van der Waals surface area contributed by atoms with E-state index >= 15 is 0 Å². The summed E-state index contributed by atoms with van der Waals surface area (Å²) in [5, 5.41) is 6.36. The van der Waals surface area contributed by atoms with Gasteiger partial charge in [0.2, 0.25) is 0 Å². The van der Waals surface area contributed by atoms with Crippen molar-refractivity contribution >= 4 is 5.96 Å². The van der Waals surface area contributed by atoms with Crippen molar-refractivity contribution in [2.45, 2.75) is 26.2 Å². The zero-order chi connectivity index (χ0) is 18.5. The molecular weight excluding hydrogens is 328 g/mol. The number of rotatable bonds is 11. The zero-order valence-electron chi connectivity index (χ0n) is 15.3. The number of nitrogens with zero attached hydrogens (tertiary/aromatic N) is 1. The van der Waals surface area contributed by atoms with Crippen LogP contribution in [0, 0.1) is 11.6 Å². The van der Waals surface area contributed by atoms with Gasteiger partial charge in [-0.25, -0.2) is 8.78 Å². The lowest BCUT2D eigenvalue weighted by Crippen LogP contribution is -2.38. The van der Waals surface area contributed by atoms with E-state index in [0.717, 1.165) is 25.6 Å². The summed E-state index contributed by atoms with van der Waals surface area (Å²) in [7, 11) is 1.64. The number of hydrogen-bond acceptors (Lipinski definition) is 3. The van der Waals surface area contributed by atoms with Gasteiger partial charge in [-0.1, -0.05) is 13.0 Å². The lowest BCUT2D eigenvalue weighted by Gasteiger charge is -2.14. The highest BCUT2D eigenvalue weighted by Gasteiger charge is 2.11. The summed E-state index contributed by atoms with van der Waals surface area (Å²) in [6.45, 7) is 7.53. The molecule has 0 radical (unpaired) electrons. The number of benzene rings is 1. The van der Waals surface area contributed by atoms with Crippen LogP contribution in [0.25, 0.3) is 0 Å². The minimum absolute atomic E-state index is 0.145. The van der Waals surface area contributed by atoms with Crippen molar-refractivity contribution in [2.75, 3.05) is 46.6 Å². The second-order valence-electron chi connectivity index (χ2n) is 5.67. The maximum absolute atomic E-state index is 13.8. The molecule has 7 heteroatoms. The molecule has 25 heavy (non-hydrogen) atoms. The van der Waals surface area contributed by atoms with Gasteiger partial charge < -0.3 is 20.1 Å². The van der Waals surface area contributed by atoms with E-state index < -0.39 is 11.6 Å². The Balaban J connectivity index is 2.43. The van der Waals surface area contributed by atoms with Crippen molar-refractivity contribution in [2.24, 2.45) is 4.99 Å². The average Bonchev–Trinajstić information content (AvgIpc) is 2.58. The van der Waals surface area contributed by atoms with E-state index in [0.29, 0.717) is 37.9 Å². The molecule has 0 aliphatic heterocycles. The van der Waals surface area contributed by atoms with Gasteiger partial charge in [0.1, 0.15) is 11.6 Å². The molecule has 2 N–H and O–H groups in total. The van der Waals surface area contributed by atoms with Crippen molar-refractivity contribution < 1.29 is 18.3 Å². The number of halogens is 2. The predicted molar refractivity (Wildman–Crippen MR) is 96.1 cm³/mol. The van der Waals surface area contributed by atoms with Gasteiger partial charge in [0.15, 0.2) is 5.96 Å². The van der Waals surface area contributed by atoms with Crippen LogP contribution < -0.4 is 10.6 Å². The summed E-state index contributed by atoms with van der Waals surface area (Å²) in [6.07, 6.45) is 0.844. The van der Waals surface area contributed by atoms with Gasteiger partial charge in [-0.05, 0) is 25.0 Å². The number of nitrogens with one attached hydrogen (secondary N) is 2. The second kappa shape index (κ2) is 12.6. The van der Waals surface area contributed by atoms with E-state index in [1.54, 1.807) is 7.11 Å². The van der Waals surface area contributed by atoms with Gasteiger partial charge >= 0.3 is 0 Å². The Hall–Kier alpha value is -1.73. The zero-order valence-corrected chi connectivity index (χ0v) is 15.3. The van der Waals surface area contributed by atoms with E-state index in [-0.39, 0.29) is 5.92 Å². The molecule has 0 saturated heterocycles. The van der Waals surface area contributed by atoms with Crippen LogP contribution in [0.2, 0.25) is 0 Å². The highest BCUT2D eigenvalue weighted by molar-refractivity contribution is 5.79. The van der Waals surface area contributed by atoms with Crippen molar-refractivity contribution in [3.05, 3.63) is 35.4 Å². The lowest BCUT2D eigenvalue weighted by molar-refractivity contribution is 0.0698. The fourth-order valence-electron chi connectivity index (χ4n) is 2.19. The van der Waals surface area contributed by atoms with Crippen LogP contribution in [0.3, 0.4) is 0 Å². The van der Waals surface area contributed by atoms with Gasteiger partial charge in [0.25, 0.3) is 0 Å². The van der Waals surface area contributed by atoms with Crippen molar-refractivity contribution in [3.63, 3.8) is 0 Å². The van der Waals surface area contributed by atoms with Crippen LogP contribution in [0.1, 0.15) is 31.7 Å². The molecule has 0 aromatic heterocycles. The van der Waals surface area contributed by atoms with Crippen LogP contribution in [0.15, 0.2) is 23.2 Å². The molecule has 0 aliphatic carbocycles. The molecule has 1 rings (SSSR count). The minimum atomic E-state index is -0.570. The average molecular weight is 357 g/mol. The molecule has 0 saturated carbocycles. The van der Waals surface area contributed by atoms with Gasteiger partial charge in [-0.15, -0.1) is 0 Å². The summed E-state index contributed by atoms with van der Waals surface area (Å²) >= 11 is 0. The first-order valence-electron chi connectivity index (χ1n) is 8.62. The molecular formula is C18H29F2N3O2. The fourth-order valence-corrected chi connectivity index (χ4v) is 2.19. The normalized spacial score (nSPS) is 12.9. The van der Waals surface area contributed by atoms with Crippen LogP contribution in [-0.4, -0.2) is 52.5 Å². The minimum Gasteiger partial charge on any atom is -0.382 e. The van der Waals surface area contributed by atoms with E-state index in [9.17, 15) is 8.78 Å². The quantitative estimate of drug-likeness (QED) is 0.363. The second-order valence-corrected chi connectivity index (χ2v) is 5.67. The van der Waals surface area contributed by atoms with Crippen LogP contribution in [0.5, 0.6) is 0 Å². The molecule has 0 bridgehead atoms. The molecule has 0 aliphatic rings. The summed E-state index contributed by atoms with van der Waals surface area (Å²) in [5.41, 5.74) is 0.465. The molecule has 1 aromatic carbocycles. The Morgan fingerprint density at radius 3 is 2.68 bits per heavy atom. The first-order chi connectivity index (χ1) is 12.1. The SMILES string of the molecule is CCNC(=NCC(C)c1ccc(F)cc1F)NCCCOCCOC.